The van der Waals surface area contributed by atoms with E-state index in [-0.39, 0.29) is 0 Å². The fourth-order valence-electron chi connectivity index (χ4n) is 3.85. The van der Waals surface area contributed by atoms with Gasteiger partial charge in [-0.3, -0.25) is 0 Å². The lowest BCUT2D eigenvalue weighted by molar-refractivity contribution is 0.144. The first kappa shape index (κ1) is 14.3. The second-order valence-corrected chi connectivity index (χ2v) is 7.89. The van der Waals surface area contributed by atoms with Crippen LogP contribution in [0.15, 0.2) is 0 Å². The molecule has 1 saturated heterocycles. The Balaban J connectivity index is 1.87. The molecule has 0 bridgehead atoms. The summed E-state index contributed by atoms with van der Waals surface area (Å²) in [4.78, 5) is 2.66. The molecule has 2 N–H and O–H groups in total. The Morgan fingerprint density at radius 2 is 2.00 bits per heavy atom. The predicted octanol–water partition coefficient (Wildman–Crippen LogP) is 3.12. The van der Waals surface area contributed by atoms with E-state index in [9.17, 15) is 0 Å². The van der Waals surface area contributed by atoms with Crippen LogP contribution in [0.2, 0.25) is 0 Å². The van der Waals surface area contributed by atoms with Gasteiger partial charge in [-0.25, -0.2) is 0 Å². The molecule has 1 saturated carbocycles. The Morgan fingerprint density at radius 1 is 1.28 bits per heavy atom. The van der Waals surface area contributed by atoms with Gasteiger partial charge < -0.3 is 10.6 Å². The molecule has 2 heteroatoms. The molecule has 1 aliphatic heterocycles. The first-order valence-electron chi connectivity index (χ1n) is 7.85. The van der Waals surface area contributed by atoms with E-state index in [1.165, 1.54) is 45.3 Å². The normalized spacial score (nSPS) is 37.3. The molecule has 0 aromatic heterocycles. The molecule has 106 valence electrons. The van der Waals surface area contributed by atoms with Crippen LogP contribution < -0.4 is 5.73 Å². The lowest BCUT2D eigenvalue weighted by atomic mass is 9.74. The monoisotopic (exact) mass is 252 g/mol. The van der Waals surface area contributed by atoms with Gasteiger partial charge in [0, 0.05) is 19.1 Å². The zero-order chi connectivity index (χ0) is 13.3. The predicted molar refractivity (Wildman–Crippen MR) is 78.5 cm³/mol. The Labute approximate surface area is 113 Å². The summed E-state index contributed by atoms with van der Waals surface area (Å²) >= 11 is 0. The molecule has 2 nitrogen and oxygen atoms in total. The number of likely N-dealkylation sites (tertiary alicyclic amines) is 1. The minimum atomic E-state index is 0.448. The van der Waals surface area contributed by atoms with Crippen LogP contribution in [-0.2, 0) is 0 Å². The van der Waals surface area contributed by atoms with Crippen LogP contribution in [0.5, 0.6) is 0 Å². The maximum Gasteiger partial charge on any atom is 0.00795 e. The Hall–Kier alpha value is -0.0800. The van der Waals surface area contributed by atoms with E-state index in [0.29, 0.717) is 11.5 Å². The van der Waals surface area contributed by atoms with Gasteiger partial charge in [0.15, 0.2) is 0 Å². The van der Waals surface area contributed by atoms with Gasteiger partial charge in [0.1, 0.15) is 0 Å². The molecule has 3 unspecified atom stereocenters. The van der Waals surface area contributed by atoms with Crippen molar-refractivity contribution in [1.82, 2.24) is 4.90 Å². The van der Waals surface area contributed by atoms with E-state index < -0.39 is 0 Å². The largest absolute Gasteiger partial charge is 0.327 e. The van der Waals surface area contributed by atoms with Gasteiger partial charge in [-0.2, -0.15) is 0 Å². The van der Waals surface area contributed by atoms with Crippen LogP contribution in [-0.4, -0.2) is 30.6 Å². The molecule has 1 aliphatic carbocycles. The fourth-order valence-corrected chi connectivity index (χ4v) is 3.85. The smallest absolute Gasteiger partial charge is 0.00795 e. The molecule has 18 heavy (non-hydrogen) atoms. The average Bonchev–Trinajstić information content (AvgIpc) is 2.61. The summed E-state index contributed by atoms with van der Waals surface area (Å²) in [6.07, 6.45) is 5.30. The number of nitrogens with two attached hydrogens (primary N) is 1. The highest BCUT2D eigenvalue weighted by Gasteiger charge is 2.34. The topological polar surface area (TPSA) is 29.3 Å². The van der Waals surface area contributed by atoms with Crippen molar-refractivity contribution < 1.29 is 0 Å². The summed E-state index contributed by atoms with van der Waals surface area (Å²) in [5.41, 5.74) is 6.88. The fraction of sp³-hybridized carbons (Fsp3) is 1.00. The van der Waals surface area contributed by atoms with Gasteiger partial charge in [-0.15, -0.1) is 0 Å². The summed E-state index contributed by atoms with van der Waals surface area (Å²) in [5, 5.41) is 0. The van der Waals surface area contributed by atoms with E-state index in [1.54, 1.807) is 0 Å². The second-order valence-electron chi connectivity index (χ2n) is 7.89. The summed E-state index contributed by atoms with van der Waals surface area (Å²) in [6, 6.07) is 0.448. The van der Waals surface area contributed by atoms with Gasteiger partial charge in [-0.05, 0) is 55.4 Å². The van der Waals surface area contributed by atoms with Crippen molar-refractivity contribution in [3.05, 3.63) is 0 Å². The van der Waals surface area contributed by atoms with E-state index in [0.717, 1.165) is 17.8 Å². The highest BCUT2D eigenvalue weighted by molar-refractivity contribution is 4.89. The van der Waals surface area contributed by atoms with Crippen LogP contribution in [0.3, 0.4) is 0 Å². The Kier molecular flexibility index (Phi) is 4.38. The Bertz CT molecular complexity index is 272. The molecule has 2 aliphatic rings. The van der Waals surface area contributed by atoms with Crippen molar-refractivity contribution in [1.29, 1.82) is 0 Å². The van der Waals surface area contributed by atoms with Crippen molar-refractivity contribution in [2.75, 3.05) is 19.6 Å². The zero-order valence-electron chi connectivity index (χ0n) is 12.8. The van der Waals surface area contributed by atoms with E-state index in [4.69, 9.17) is 5.73 Å². The maximum atomic E-state index is 6.36. The van der Waals surface area contributed by atoms with Crippen LogP contribution in [0.4, 0.5) is 0 Å². The van der Waals surface area contributed by atoms with E-state index in [1.807, 2.05) is 0 Å². The van der Waals surface area contributed by atoms with Crippen LogP contribution >= 0.6 is 0 Å². The van der Waals surface area contributed by atoms with Gasteiger partial charge in [0.25, 0.3) is 0 Å². The average molecular weight is 252 g/mol. The highest BCUT2D eigenvalue weighted by Crippen LogP contribution is 2.35. The van der Waals surface area contributed by atoms with Crippen molar-refractivity contribution >= 4 is 0 Å². The molecule has 2 fully saturated rings. The van der Waals surface area contributed by atoms with Crippen LogP contribution in [0.25, 0.3) is 0 Å². The van der Waals surface area contributed by atoms with Crippen molar-refractivity contribution in [2.24, 2.45) is 28.9 Å². The van der Waals surface area contributed by atoms with Gasteiger partial charge >= 0.3 is 0 Å². The third kappa shape index (κ3) is 3.48. The summed E-state index contributed by atoms with van der Waals surface area (Å²) in [5.74, 6) is 2.47. The van der Waals surface area contributed by atoms with E-state index in [2.05, 4.69) is 32.6 Å². The van der Waals surface area contributed by atoms with Gasteiger partial charge in [-0.1, -0.05) is 27.7 Å². The first-order valence-corrected chi connectivity index (χ1v) is 7.85. The van der Waals surface area contributed by atoms with Crippen molar-refractivity contribution in [2.45, 2.75) is 59.4 Å². The zero-order valence-corrected chi connectivity index (χ0v) is 12.8. The number of nitrogens with zero attached hydrogens (tertiary/aromatic N) is 1. The third-order valence-corrected chi connectivity index (χ3v) is 5.27. The molecule has 0 spiro atoms. The van der Waals surface area contributed by atoms with Crippen LogP contribution in [0, 0.1) is 23.2 Å². The van der Waals surface area contributed by atoms with Crippen LogP contribution in [0.1, 0.15) is 53.4 Å². The lowest BCUT2D eigenvalue weighted by Gasteiger charge is -2.38. The lowest BCUT2D eigenvalue weighted by Crippen LogP contribution is -2.43. The first-order chi connectivity index (χ1) is 8.37. The Morgan fingerprint density at radius 3 is 2.56 bits per heavy atom. The van der Waals surface area contributed by atoms with Gasteiger partial charge in [0.05, 0.1) is 0 Å². The maximum absolute atomic E-state index is 6.36. The number of rotatable bonds is 3. The molecule has 0 amide bonds. The quantitative estimate of drug-likeness (QED) is 0.836. The molecule has 3 atom stereocenters. The number of hydrogen-bond donors (Lipinski definition) is 1. The highest BCUT2D eigenvalue weighted by atomic mass is 15.2. The SMILES string of the molecule is CC(C)C1CCC(N)C(CN2CCC(C)(C)C2)C1. The summed E-state index contributed by atoms with van der Waals surface area (Å²) in [6.45, 7) is 13.3. The summed E-state index contributed by atoms with van der Waals surface area (Å²) in [7, 11) is 0. The van der Waals surface area contributed by atoms with Gasteiger partial charge in [0.2, 0.25) is 0 Å². The van der Waals surface area contributed by atoms with Crippen molar-refractivity contribution in [3.63, 3.8) is 0 Å². The minimum absolute atomic E-state index is 0.448. The molecule has 0 aromatic carbocycles. The molecule has 0 radical (unpaired) electrons. The second kappa shape index (κ2) is 5.50. The molecular formula is C16H32N2. The van der Waals surface area contributed by atoms with Crippen molar-refractivity contribution in [3.8, 4) is 0 Å². The summed E-state index contributed by atoms with van der Waals surface area (Å²) < 4.78 is 0. The third-order valence-electron chi connectivity index (χ3n) is 5.27. The standard InChI is InChI=1S/C16H32N2/c1-12(2)13-5-6-15(17)14(9-13)10-18-8-7-16(3,4)11-18/h12-15H,5-11,17H2,1-4H3. The molecule has 2 rings (SSSR count). The minimum Gasteiger partial charge on any atom is -0.327 e. The molecule has 0 aromatic rings. The molecule has 1 heterocycles. The van der Waals surface area contributed by atoms with E-state index >= 15 is 0 Å². The molecular weight excluding hydrogens is 220 g/mol. The number of hydrogen-bond acceptors (Lipinski definition) is 2.